The van der Waals surface area contributed by atoms with Crippen LogP contribution in [-0.2, 0) is 11.2 Å². The number of benzene rings is 1. The number of halogens is 1. The maximum atomic E-state index is 11.1. The van der Waals surface area contributed by atoms with Crippen LogP contribution in [0.15, 0.2) is 12.1 Å². The first kappa shape index (κ1) is 13.8. The Morgan fingerprint density at radius 3 is 2.53 bits per heavy atom. The second-order valence-corrected chi connectivity index (χ2v) is 5.19. The molecule has 17 heavy (non-hydrogen) atoms. The molecule has 0 aromatic heterocycles. The number of carboxylic acids is 1. The van der Waals surface area contributed by atoms with Gasteiger partial charge in [-0.15, -0.1) is 0 Å². The van der Waals surface area contributed by atoms with Gasteiger partial charge in [0.1, 0.15) is 5.75 Å². The summed E-state index contributed by atoms with van der Waals surface area (Å²) in [4.78, 5) is 11.1. The van der Waals surface area contributed by atoms with Crippen LogP contribution in [0.2, 0.25) is 5.02 Å². The van der Waals surface area contributed by atoms with Gasteiger partial charge in [0.05, 0.1) is 12.5 Å². The van der Waals surface area contributed by atoms with Crippen LogP contribution in [-0.4, -0.2) is 18.2 Å². The van der Waals surface area contributed by atoms with Gasteiger partial charge in [-0.25, -0.2) is 0 Å². The van der Waals surface area contributed by atoms with Gasteiger partial charge in [0, 0.05) is 5.02 Å². The zero-order valence-corrected chi connectivity index (χ0v) is 11.3. The van der Waals surface area contributed by atoms with Gasteiger partial charge in [0.25, 0.3) is 0 Å². The Hall–Kier alpha value is -1.22. The summed E-state index contributed by atoms with van der Waals surface area (Å²) in [5.41, 5.74) is 0.889. The van der Waals surface area contributed by atoms with Crippen molar-refractivity contribution in [2.75, 3.05) is 7.11 Å². The summed E-state index contributed by atoms with van der Waals surface area (Å²) >= 11 is 6.12. The summed E-state index contributed by atoms with van der Waals surface area (Å²) in [7, 11) is 1.59. The Balaban J connectivity index is 3.11. The molecule has 0 atom stereocenters. The van der Waals surface area contributed by atoms with E-state index >= 15 is 0 Å². The molecular weight excluding hydrogens is 240 g/mol. The van der Waals surface area contributed by atoms with E-state index in [1.807, 2.05) is 13.0 Å². The second-order valence-electron chi connectivity index (χ2n) is 4.78. The minimum Gasteiger partial charge on any atom is -0.496 e. The van der Waals surface area contributed by atoms with Crippen molar-refractivity contribution in [3.05, 3.63) is 28.3 Å². The van der Waals surface area contributed by atoms with Crippen LogP contribution in [0.3, 0.4) is 0 Å². The summed E-state index contributed by atoms with van der Waals surface area (Å²) < 4.78 is 5.21. The van der Waals surface area contributed by atoms with E-state index in [-0.39, 0.29) is 0 Å². The van der Waals surface area contributed by atoms with Crippen LogP contribution in [0, 0.1) is 12.3 Å². The van der Waals surface area contributed by atoms with E-state index in [9.17, 15) is 4.79 Å². The SMILES string of the molecule is COc1cc(CC(C)(C)C(=O)O)c(Cl)cc1C. The van der Waals surface area contributed by atoms with Crippen molar-refractivity contribution < 1.29 is 14.6 Å². The number of ether oxygens (including phenoxy) is 1. The molecule has 1 aromatic rings. The quantitative estimate of drug-likeness (QED) is 0.899. The maximum absolute atomic E-state index is 11.1. The van der Waals surface area contributed by atoms with E-state index in [0.717, 1.165) is 16.9 Å². The molecule has 0 aliphatic rings. The highest BCUT2D eigenvalue weighted by atomic mass is 35.5. The second kappa shape index (κ2) is 4.96. The summed E-state index contributed by atoms with van der Waals surface area (Å²) in [6.07, 6.45) is 0.373. The number of carboxylic acid groups (broad SMARTS) is 1. The van der Waals surface area contributed by atoms with Gasteiger partial charge in [-0.1, -0.05) is 11.6 Å². The van der Waals surface area contributed by atoms with Gasteiger partial charge in [-0.2, -0.15) is 0 Å². The van der Waals surface area contributed by atoms with E-state index in [2.05, 4.69) is 0 Å². The fourth-order valence-electron chi connectivity index (χ4n) is 1.60. The van der Waals surface area contributed by atoms with Gasteiger partial charge in [-0.3, -0.25) is 4.79 Å². The van der Waals surface area contributed by atoms with Crippen molar-refractivity contribution in [1.82, 2.24) is 0 Å². The molecule has 1 rings (SSSR count). The Morgan fingerprint density at radius 2 is 2.06 bits per heavy atom. The minimum atomic E-state index is -0.843. The van der Waals surface area contributed by atoms with Crippen LogP contribution in [0.25, 0.3) is 0 Å². The highest BCUT2D eigenvalue weighted by molar-refractivity contribution is 6.31. The van der Waals surface area contributed by atoms with Crippen LogP contribution < -0.4 is 4.74 Å². The van der Waals surface area contributed by atoms with Crippen molar-refractivity contribution in [2.45, 2.75) is 27.2 Å². The van der Waals surface area contributed by atoms with Crippen LogP contribution in [0.1, 0.15) is 25.0 Å². The first-order chi connectivity index (χ1) is 7.77. The first-order valence-corrected chi connectivity index (χ1v) is 5.72. The molecule has 0 fully saturated rings. The number of aliphatic carboxylic acids is 1. The van der Waals surface area contributed by atoms with Gasteiger partial charge < -0.3 is 9.84 Å². The highest BCUT2D eigenvalue weighted by Crippen LogP contribution is 2.31. The molecule has 0 radical (unpaired) electrons. The Labute approximate surface area is 106 Å². The zero-order chi connectivity index (χ0) is 13.2. The average molecular weight is 257 g/mol. The minimum absolute atomic E-state index is 0.373. The maximum Gasteiger partial charge on any atom is 0.309 e. The molecule has 0 bridgehead atoms. The first-order valence-electron chi connectivity index (χ1n) is 5.34. The highest BCUT2D eigenvalue weighted by Gasteiger charge is 2.28. The fourth-order valence-corrected chi connectivity index (χ4v) is 1.89. The number of aryl methyl sites for hydroxylation is 1. The van der Waals surface area contributed by atoms with E-state index in [4.69, 9.17) is 21.4 Å². The normalized spacial score (nSPS) is 11.4. The standard InChI is InChI=1S/C13H17ClO3/c1-8-5-10(14)9(6-11(8)17-4)7-13(2,3)12(15)16/h5-6H,7H2,1-4H3,(H,15,16). The molecule has 1 N–H and O–H groups in total. The number of methoxy groups -OCH3 is 1. The average Bonchev–Trinajstić information content (AvgIpc) is 2.21. The van der Waals surface area contributed by atoms with Crippen LogP contribution in [0.5, 0.6) is 5.75 Å². The van der Waals surface area contributed by atoms with E-state index < -0.39 is 11.4 Å². The molecule has 0 spiro atoms. The number of hydrogen-bond donors (Lipinski definition) is 1. The van der Waals surface area contributed by atoms with E-state index in [1.165, 1.54) is 0 Å². The predicted octanol–water partition coefficient (Wildman–Crippen LogP) is 3.31. The monoisotopic (exact) mass is 256 g/mol. The summed E-state index contributed by atoms with van der Waals surface area (Å²) in [5, 5.41) is 9.68. The summed E-state index contributed by atoms with van der Waals surface area (Å²) in [6.45, 7) is 5.26. The predicted molar refractivity (Wildman–Crippen MR) is 67.9 cm³/mol. The van der Waals surface area contributed by atoms with Crippen LogP contribution in [0.4, 0.5) is 0 Å². The fraction of sp³-hybridized carbons (Fsp3) is 0.462. The lowest BCUT2D eigenvalue weighted by atomic mass is 9.85. The largest absolute Gasteiger partial charge is 0.496 e. The van der Waals surface area contributed by atoms with Gasteiger partial charge in [-0.05, 0) is 50.5 Å². The molecule has 3 nitrogen and oxygen atoms in total. The Kier molecular flexibility index (Phi) is 4.04. The third kappa shape index (κ3) is 3.13. The van der Waals surface area contributed by atoms with Crippen molar-refractivity contribution in [2.24, 2.45) is 5.41 Å². The van der Waals surface area contributed by atoms with Gasteiger partial charge in [0.15, 0.2) is 0 Å². The molecular formula is C13H17ClO3. The number of rotatable bonds is 4. The third-order valence-electron chi connectivity index (χ3n) is 2.78. The van der Waals surface area contributed by atoms with Crippen molar-refractivity contribution in [3.63, 3.8) is 0 Å². The molecule has 0 aliphatic carbocycles. The van der Waals surface area contributed by atoms with Crippen molar-refractivity contribution in [1.29, 1.82) is 0 Å². The third-order valence-corrected chi connectivity index (χ3v) is 3.13. The van der Waals surface area contributed by atoms with Crippen molar-refractivity contribution >= 4 is 17.6 Å². The summed E-state index contributed by atoms with van der Waals surface area (Å²) in [5.74, 6) is -0.112. The molecule has 0 heterocycles. The molecule has 4 heteroatoms. The lowest BCUT2D eigenvalue weighted by Gasteiger charge is -2.20. The van der Waals surface area contributed by atoms with E-state index in [1.54, 1.807) is 27.0 Å². The lowest BCUT2D eigenvalue weighted by Crippen LogP contribution is -2.26. The van der Waals surface area contributed by atoms with Gasteiger partial charge in [0.2, 0.25) is 0 Å². The molecule has 94 valence electrons. The smallest absolute Gasteiger partial charge is 0.309 e. The van der Waals surface area contributed by atoms with Crippen LogP contribution >= 0.6 is 11.6 Å². The topological polar surface area (TPSA) is 46.5 Å². The van der Waals surface area contributed by atoms with E-state index in [0.29, 0.717) is 11.4 Å². The Bertz CT molecular complexity index is 439. The molecule has 0 saturated carbocycles. The lowest BCUT2D eigenvalue weighted by molar-refractivity contribution is -0.146. The zero-order valence-electron chi connectivity index (χ0n) is 10.5. The Morgan fingerprint density at radius 1 is 1.47 bits per heavy atom. The van der Waals surface area contributed by atoms with Gasteiger partial charge >= 0.3 is 5.97 Å². The molecule has 0 amide bonds. The summed E-state index contributed by atoms with van der Waals surface area (Å²) in [6, 6.07) is 3.61. The molecule has 0 aliphatic heterocycles. The molecule has 0 saturated heterocycles. The van der Waals surface area contributed by atoms with Crippen molar-refractivity contribution in [3.8, 4) is 5.75 Å². The molecule has 0 unspecified atom stereocenters. The number of hydrogen-bond acceptors (Lipinski definition) is 2. The number of carbonyl (C=O) groups is 1. The molecule has 1 aromatic carbocycles.